The summed E-state index contributed by atoms with van der Waals surface area (Å²) >= 11 is 9.55. The number of alkyl halides is 1. The van der Waals surface area contributed by atoms with Crippen LogP contribution in [0.2, 0.25) is 0 Å². The van der Waals surface area contributed by atoms with Crippen molar-refractivity contribution in [2.75, 3.05) is 22.7 Å². The molecule has 22 heteroatoms. The van der Waals surface area contributed by atoms with E-state index in [1.807, 2.05) is 0 Å². The van der Waals surface area contributed by atoms with Gasteiger partial charge in [0.25, 0.3) is 11.5 Å². The summed E-state index contributed by atoms with van der Waals surface area (Å²) < 4.78 is 42.7. The summed E-state index contributed by atoms with van der Waals surface area (Å²) in [5.74, 6) is -2.66. The molecule has 332 valence electrons. The maximum Gasteiger partial charge on any atom is 0.408 e. The Balaban J connectivity index is 0.000000289. The molecule has 5 amide bonds. The first kappa shape index (κ1) is 49.1. The van der Waals surface area contributed by atoms with Gasteiger partial charge in [-0.15, -0.1) is 11.6 Å². The van der Waals surface area contributed by atoms with Crippen LogP contribution < -0.4 is 42.6 Å². The number of alkyl carbamates (subject to hydrolysis) is 2. The molecule has 3 aliphatic rings. The second-order valence-electron chi connectivity index (χ2n) is 16.4. The largest absolute Gasteiger partial charge is 0.466 e. The Morgan fingerprint density at radius 1 is 0.883 bits per heavy atom. The minimum Gasteiger partial charge on any atom is -0.466 e. The first-order valence-corrected chi connectivity index (χ1v) is 19.8. The van der Waals surface area contributed by atoms with E-state index in [1.165, 1.54) is 11.0 Å². The zero-order valence-electron chi connectivity index (χ0n) is 34.2. The number of carbonyl (C=O) groups is 6. The van der Waals surface area contributed by atoms with E-state index in [9.17, 15) is 42.3 Å². The van der Waals surface area contributed by atoms with Gasteiger partial charge in [0, 0.05) is 30.4 Å². The van der Waals surface area contributed by atoms with Crippen LogP contribution in [0.5, 0.6) is 5.88 Å². The first-order valence-electron chi connectivity index (χ1n) is 18.9. The molecular weight excluding hydrogens is 837 g/mol. The highest BCUT2D eigenvalue weighted by Gasteiger charge is 2.46. The van der Waals surface area contributed by atoms with E-state index in [0.717, 1.165) is 18.5 Å². The molecule has 60 heavy (non-hydrogen) atoms. The van der Waals surface area contributed by atoms with Crippen molar-refractivity contribution in [2.45, 2.75) is 127 Å². The number of primary amides is 2. The van der Waals surface area contributed by atoms with Crippen LogP contribution in [-0.2, 0) is 28.7 Å². The van der Waals surface area contributed by atoms with E-state index in [4.69, 9.17) is 48.9 Å². The van der Waals surface area contributed by atoms with Gasteiger partial charge in [-0.05, 0) is 105 Å². The maximum absolute atomic E-state index is 13.7. The number of carbonyl (C=O) groups excluding carboxylic acids is 6. The minimum atomic E-state index is -1.27. The van der Waals surface area contributed by atoms with Gasteiger partial charge in [0.1, 0.15) is 45.3 Å². The van der Waals surface area contributed by atoms with Crippen LogP contribution in [0.3, 0.4) is 0 Å². The van der Waals surface area contributed by atoms with Gasteiger partial charge in [0.05, 0.1) is 12.1 Å². The summed E-state index contributed by atoms with van der Waals surface area (Å²) in [6.45, 7) is 10.1. The topological polar surface area (TPSA) is 267 Å². The van der Waals surface area contributed by atoms with Crippen molar-refractivity contribution in [2.24, 2.45) is 11.5 Å². The van der Waals surface area contributed by atoms with Crippen LogP contribution in [0.1, 0.15) is 92.9 Å². The number of nitrogens with two attached hydrogens (primary N) is 2. The third-order valence-corrected chi connectivity index (χ3v) is 9.94. The van der Waals surface area contributed by atoms with E-state index in [1.54, 1.807) is 41.5 Å². The lowest BCUT2D eigenvalue weighted by Gasteiger charge is -2.43. The molecule has 0 saturated heterocycles. The Morgan fingerprint density at radius 2 is 1.37 bits per heavy atom. The fourth-order valence-corrected chi connectivity index (χ4v) is 6.69. The molecule has 2 saturated carbocycles. The number of hydrogen-bond donors (Lipinski definition) is 6. The summed E-state index contributed by atoms with van der Waals surface area (Å²) in [5, 5.41) is 7.69. The van der Waals surface area contributed by atoms with Gasteiger partial charge in [0.15, 0.2) is 6.61 Å². The predicted molar refractivity (Wildman–Crippen MR) is 217 cm³/mol. The van der Waals surface area contributed by atoms with Gasteiger partial charge < -0.3 is 51.5 Å². The molecule has 0 radical (unpaired) electrons. The lowest BCUT2D eigenvalue weighted by molar-refractivity contribution is -0.126. The highest BCUT2D eigenvalue weighted by Crippen LogP contribution is 2.38. The molecule has 2 aliphatic carbocycles. The van der Waals surface area contributed by atoms with E-state index in [2.05, 4.69) is 25.9 Å². The number of nitrogens with one attached hydrogen (secondary N) is 4. The Bertz CT molecular complexity index is 1960. The van der Waals surface area contributed by atoms with Gasteiger partial charge >= 0.3 is 12.2 Å². The number of halogens is 4. The smallest absolute Gasteiger partial charge is 0.408 e. The van der Waals surface area contributed by atoms with Gasteiger partial charge in [-0.2, -0.15) is 0 Å². The number of hydrogen-bond acceptors (Lipinski definition) is 12. The van der Waals surface area contributed by atoms with E-state index in [0.29, 0.717) is 25.7 Å². The van der Waals surface area contributed by atoms with Gasteiger partial charge in [-0.1, -0.05) is 0 Å². The van der Waals surface area contributed by atoms with Crippen LogP contribution in [0.25, 0.3) is 0 Å². The molecule has 18 nitrogen and oxygen atoms in total. The Morgan fingerprint density at radius 3 is 1.82 bits per heavy atom. The van der Waals surface area contributed by atoms with Gasteiger partial charge in [-0.25, -0.2) is 23.4 Å². The maximum atomic E-state index is 13.7. The van der Waals surface area contributed by atoms with Crippen LogP contribution in [0.4, 0.5) is 29.7 Å². The second-order valence-corrected chi connectivity index (χ2v) is 17.1. The van der Waals surface area contributed by atoms with Crippen molar-refractivity contribution in [3.05, 3.63) is 46.5 Å². The highest BCUT2D eigenvalue weighted by molar-refractivity contribution is 6.67. The molecule has 3 heterocycles. The van der Waals surface area contributed by atoms with E-state index < -0.39 is 68.7 Å². The quantitative estimate of drug-likeness (QED) is 0.161. The van der Waals surface area contributed by atoms with Gasteiger partial charge in [-0.3, -0.25) is 24.0 Å². The lowest BCUT2D eigenvalue weighted by Crippen LogP contribution is -2.61. The number of pyridine rings is 2. The Kier molecular flexibility index (Phi) is 16.7. The molecular formula is C38H52Cl2F2N8O10. The molecule has 0 aromatic carbocycles. The van der Waals surface area contributed by atoms with Crippen LogP contribution in [0, 0.1) is 11.6 Å². The van der Waals surface area contributed by atoms with Crippen molar-refractivity contribution >= 4 is 69.7 Å². The van der Waals surface area contributed by atoms with Crippen LogP contribution >= 0.6 is 23.2 Å². The Hall–Kier alpha value is -5.24. The zero-order chi connectivity index (χ0) is 45.2. The van der Waals surface area contributed by atoms with Crippen molar-refractivity contribution < 1.29 is 51.8 Å². The molecule has 8 N–H and O–H groups in total. The average molecular weight is 890 g/mol. The molecule has 1 aliphatic heterocycles. The van der Waals surface area contributed by atoms with E-state index in [-0.39, 0.29) is 73.4 Å². The number of aromatic nitrogens is 2. The van der Waals surface area contributed by atoms with E-state index >= 15 is 0 Å². The molecule has 0 bridgehead atoms. The zero-order valence-corrected chi connectivity index (χ0v) is 35.7. The van der Waals surface area contributed by atoms with Crippen LogP contribution in [0.15, 0.2) is 29.3 Å². The number of amides is 5. The summed E-state index contributed by atoms with van der Waals surface area (Å²) in [6.07, 6.45) is 3.26. The predicted octanol–water partition coefficient (Wildman–Crippen LogP) is 4.25. The lowest BCUT2D eigenvalue weighted by atomic mass is 9.78. The standard InChI is InChI=1S/C19H25FN4O5.C17H25FN4O4.C2H2Cl2O/c1-18(2,3)29-17(27)23-19(16(21)26)6-4-12(5-7-19)24-13-8-11(20)9-22-15(13)28-10-14(24)25;1-16(2,3)26-15(25)22-17(14(19)24)6-4-11(5-7-17)21-12-8-10(18)9-20-13(12)23;3-1-2(4)5/h8-9,12H,4-7,10H2,1-3H3,(H2,21,26)(H,23,27);8-9,11,21H,4-7H2,1-3H3,(H2,19,24)(H,20,23)(H,22,25);1H2. The number of fused-ring (bicyclic) bond motifs is 1. The summed E-state index contributed by atoms with van der Waals surface area (Å²) in [6, 6.07) is 1.87. The SMILES string of the molecule is CC(C)(C)OC(=O)NC1(C(N)=O)CCC(N2C(=O)COc3ncc(F)cc32)CC1.CC(C)(C)OC(=O)NC1(C(N)=O)CCC(Nc2cc(F)c[nH]c2=O)CC1.O=C(Cl)CCl. The van der Waals surface area contributed by atoms with Crippen molar-refractivity contribution in [3.8, 4) is 5.88 Å². The number of H-pyrrole nitrogens is 1. The highest BCUT2D eigenvalue weighted by atomic mass is 35.5. The molecule has 0 atom stereocenters. The Labute approximate surface area is 355 Å². The fraction of sp³-hybridized carbons (Fsp3) is 0.579. The molecule has 5 rings (SSSR count). The first-order chi connectivity index (χ1) is 27.8. The summed E-state index contributed by atoms with van der Waals surface area (Å²) in [4.78, 5) is 89.7. The second kappa shape index (κ2) is 20.3. The molecule has 2 aromatic heterocycles. The summed E-state index contributed by atoms with van der Waals surface area (Å²) in [5.41, 5.74) is 7.20. The molecule has 2 aromatic rings. The summed E-state index contributed by atoms with van der Waals surface area (Å²) in [7, 11) is 0. The molecule has 0 spiro atoms. The third-order valence-electron chi connectivity index (χ3n) is 9.43. The average Bonchev–Trinajstić information content (AvgIpc) is 3.13. The van der Waals surface area contributed by atoms with Crippen molar-refractivity contribution in [1.29, 1.82) is 0 Å². The number of rotatable bonds is 8. The molecule has 2 fully saturated rings. The van der Waals surface area contributed by atoms with Crippen LogP contribution in [-0.4, -0.2) is 92.0 Å². The van der Waals surface area contributed by atoms with Gasteiger partial charge in [0.2, 0.25) is 22.9 Å². The monoisotopic (exact) mass is 888 g/mol. The fourth-order valence-electron chi connectivity index (χ4n) is 6.69. The number of anilines is 2. The number of ether oxygens (including phenoxy) is 3. The number of nitrogens with zero attached hydrogens (tertiary/aromatic N) is 2. The minimum absolute atomic E-state index is 0.0957. The number of aromatic amines is 1. The van der Waals surface area contributed by atoms with Crippen molar-refractivity contribution in [1.82, 2.24) is 20.6 Å². The molecule has 0 unspecified atom stereocenters. The normalized spacial score (nSPS) is 22.4. The third kappa shape index (κ3) is 14.2. The van der Waals surface area contributed by atoms with Crippen molar-refractivity contribution in [3.63, 3.8) is 0 Å².